The molecule has 1 atom stereocenters. The van der Waals surface area contributed by atoms with E-state index in [2.05, 4.69) is 55.4 Å². The maximum absolute atomic E-state index is 3.50. The molecule has 0 aliphatic heterocycles. The first-order valence-corrected chi connectivity index (χ1v) is 8.20. The number of nitrogens with one attached hydrogen (secondary N) is 1. The lowest BCUT2D eigenvalue weighted by Gasteiger charge is -2.34. The molecule has 0 amide bonds. The van der Waals surface area contributed by atoms with E-state index < -0.39 is 0 Å². The van der Waals surface area contributed by atoms with Gasteiger partial charge in [0.05, 0.1) is 0 Å². The van der Waals surface area contributed by atoms with Gasteiger partial charge in [-0.2, -0.15) is 0 Å². The second-order valence-electron chi connectivity index (χ2n) is 6.35. The second-order valence-corrected chi connectivity index (χ2v) is 6.35. The van der Waals surface area contributed by atoms with E-state index in [-0.39, 0.29) is 0 Å². The van der Waals surface area contributed by atoms with Crippen LogP contribution in [0.2, 0.25) is 0 Å². The third-order valence-corrected chi connectivity index (χ3v) is 4.56. The minimum Gasteiger partial charge on any atom is -0.316 e. The molecule has 0 aromatic heterocycles. The number of benzene rings is 1. The molecule has 1 aromatic rings. The van der Waals surface area contributed by atoms with Crippen LogP contribution < -0.4 is 5.32 Å². The fourth-order valence-corrected chi connectivity index (χ4v) is 2.81. The molecular formula is C18H30N2. The average molecular weight is 274 g/mol. The van der Waals surface area contributed by atoms with E-state index in [1.807, 2.05) is 0 Å². The van der Waals surface area contributed by atoms with Gasteiger partial charge in [0.25, 0.3) is 0 Å². The van der Waals surface area contributed by atoms with E-state index >= 15 is 0 Å². The van der Waals surface area contributed by atoms with Crippen molar-refractivity contribution in [2.24, 2.45) is 0 Å². The van der Waals surface area contributed by atoms with Crippen molar-refractivity contribution < 1.29 is 0 Å². The molecular weight excluding hydrogens is 244 g/mol. The van der Waals surface area contributed by atoms with Crippen molar-refractivity contribution in [3.63, 3.8) is 0 Å². The minimum atomic E-state index is 0.597. The predicted octanol–water partition coefficient (Wildman–Crippen LogP) is 3.77. The Balaban J connectivity index is 1.82. The molecule has 0 radical (unpaired) electrons. The second kappa shape index (κ2) is 7.80. The molecule has 1 saturated carbocycles. The van der Waals surface area contributed by atoms with Crippen molar-refractivity contribution in [1.29, 1.82) is 0 Å². The van der Waals surface area contributed by atoms with Gasteiger partial charge in [0, 0.05) is 19.1 Å². The molecule has 0 spiro atoms. The molecule has 2 heteroatoms. The largest absolute Gasteiger partial charge is 0.316 e. The molecule has 20 heavy (non-hydrogen) atoms. The van der Waals surface area contributed by atoms with Crippen LogP contribution in [-0.2, 0) is 6.54 Å². The standard InChI is InChI=1S/C18H30N2/c1-4-12-19-13-15(2)17-10-8-16(9-11-17)14-20(3)18-6-5-7-18/h8-11,15,18-19H,4-7,12-14H2,1-3H3. The van der Waals surface area contributed by atoms with Crippen molar-refractivity contribution in [2.75, 3.05) is 20.1 Å². The van der Waals surface area contributed by atoms with Gasteiger partial charge in [-0.15, -0.1) is 0 Å². The smallest absolute Gasteiger partial charge is 0.0233 e. The van der Waals surface area contributed by atoms with E-state index in [1.165, 1.54) is 36.8 Å². The summed E-state index contributed by atoms with van der Waals surface area (Å²) in [6, 6.07) is 10.1. The van der Waals surface area contributed by atoms with Gasteiger partial charge in [0.2, 0.25) is 0 Å². The van der Waals surface area contributed by atoms with Crippen LogP contribution in [0.25, 0.3) is 0 Å². The molecule has 2 rings (SSSR count). The SMILES string of the molecule is CCCNCC(C)c1ccc(CN(C)C2CCC2)cc1. The summed E-state index contributed by atoms with van der Waals surface area (Å²) >= 11 is 0. The molecule has 112 valence electrons. The Labute approximate surface area is 124 Å². The van der Waals surface area contributed by atoms with Gasteiger partial charge >= 0.3 is 0 Å². The molecule has 1 aromatic carbocycles. The Morgan fingerprint density at radius 3 is 2.50 bits per heavy atom. The normalized spacial score (nSPS) is 17.2. The van der Waals surface area contributed by atoms with Crippen molar-refractivity contribution in [2.45, 2.75) is 58.0 Å². The Hall–Kier alpha value is -0.860. The van der Waals surface area contributed by atoms with Crippen LogP contribution >= 0.6 is 0 Å². The first-order valence-electron chi connectivity index (χ1n) is 8.20. The monoisotopic (exact) mass is 274 g/mol. The maximum Gasteiger partial charge on any atom is 0.0233 e. The summed E-state index contributed by atoms with van der Waals surface area (Å²) in [6.45, 7) is 7.81. The summed E-state index contributed by atoms with van der Waals surface area (Å²) in [5, 5.41) is 3.50. The molecule has 0 heterocycles. The average Bonchev–Trinajstić information content (AvgIpc) is 2.37. The highest BCUT2D eigenvalue weighted by Crippen LogP contribution is 2.25. The van der Waals surface area contributed by atoms with Crippen molar-refractivity contribution in [3.8, 4) is 0 Å². The first kappa shape index (κ1) is 15.5. The summed E-state index contributed by atoms with van der Waals surface area (Å²) in [4.78, 5) is 2.50. The Kier molecular flexibility index (Phi) is 6.06. The van der Waals surface area contributed by atoms with Gasteiger partial charge < -0.3 is 5.32 Å². The molecule has 1 fully saturated rings. The molecule has 1 aliphatic carbocycles. The number of hydrogen-bond donors (Lipinski definition) is 1. The summed E-state index contributed by atoms with van der Waals surface area (Å²) < 4.78 is 0. The summed E-state index contributed by atoms with van der Waals surface area (Å²) in [5.41, 5.74) is 2.89. The third kappa shape index (κ3) is 4.32. The fraction of sp³-hybridized carbons (Fsp3) is 0.667. The number of hydrogen-bond acceptors (Lipinski definition) is 2. The molecule has 1 unspecified atom stereocenters. The van der Waals surface area contributed by atoms with Crippen LogP contribution in [0.15, 0.2) is 24.3 Å². The molecule has 1 aliphatic rings. The van der Waals surface area contributed by atoms with E-state index in [1.54, 1.807) is 0 Å². The maximum atomic E-state index is 3.50. The van der Waals surface area contributed by atoms with Crippen molar-refractivity contribution >= 4 is 0 Å². The molecule has 2 nitrogen and oxygen atoms in total. The molecule has 0 bridgehead atoms. The summed E-state index contributed by atoms with van der Waals surface area (Å²) in [7, 11) is 2.26. The number of rotatable bonds is 8. The first-order chi connectivity index (χ1) is 9.70. The zero-order valence-electron chi connectivity index (χ0n) is 13.4. The van der Waals surface area contributed by atoms with Crippen LogP contribution in [0.4, 0.5) is 0 Å². The van der Waals surface area contributed by atoms with Crippen molar-refractivity contribution in [1.82, 2.24) is 10.2 Å². The van der Waals surface area contributed by atoms with Crippen LogP contribution in [0.5, 0.6) is 0 Å². The van der Waals surface area contributed by atoms with Gasteiger partial charge in [0.15, 0.2) is 0 Å². The third-order valence-electron chi connectivity index (χ3n) is 4.56. The summed E-state index contributed by atoms with van der Waals surface area (Å²) in [5.74, 6) is 0.597. The van der Waals surface area contributed by atoms with Crippen LogP contribution in [0.3, 0.4) is 0 Å². The minimum absolute atomic E-state index is 0.597. The Morgan fingerprint density at radius 1 is 1.25 bits per heavy atom. The highest BCUT2D eigenvalue weighted by Gasteiger charge is 2.21. The molecule has 0 saturated heterocycles. The van der Waals surface area contributed by atoms with Crippen LogP contribution in [0, 0.1) is 0 Å². The highest BCUT2D eigenvalue weighted by molar-refractivity contribution is 5.25. The summed E-state index contributed by atoms with van der Waals surface area (Å²) in [6.07, 6.45) is 5.39. The van der Waals surface area contributed by atoms with Gasteiger partial charge in [-0.3, -0.25) is 4.90 Å². The van der Waals surface area contributed by atoms with E-state index in [4.69, 9.17) is 0 Å². The predicted molar refractivity (Wildman–Crippen MR) is 87.1 cm³/mol. The van der Waals surface area contributed by atoms with Gasteiger partial charge in [-0.05, 0) is 49.9 Å². The lowest BCUT2D eigenvalue weighted by atomic mass is 9.91. The Morgan fingerprint density at radius 2 is 1.95 bits per heavy atom. The lowest BCUT2D eigenvalue weighted by Crippen LogP contribution is -2.36. The van der Waals surface area contributed by atoms with E-state index in [0.717, 1.165) is 25.7 Å². The fourth-order valence-electron chi connectivity index (χ4n) is 2.81. The van der Waals surface area contributed by atoms with E-state index in [0.29, 0.717) is 5.92 Å². The quantitative estimate of drug-likeness (QED) is 0.726. The van der Waals surface area contributed by atoms with Gasteiger partial charge in [-0.1, -0.05) is 44.5 Å². The van der Waals surface area contributed by atoms with Crippen molar-refractivity contribution in [3.05, 3.63) is 35.4 Å². The lowest BCUT2D eigenvalue weighted by molar-refractivity contribution is 0.152. The zero-order valence-corrected chi connectivity index (χ0v) is 13.4. The van der Waals surface area contributed by atoms with Gasteiger partial charge in [0.1, 0.15) is 0 Å². The topological polar surface area (TPSA) is 15.3 Å². The number of nitrogens with zero attached hydrogens (tertiary/aromatic N) is 1. The van der Waals surface area contributed by atoms with Crippen LogP contribution in [-0.4, -0.2) is 31.1 Å². The zero-order chi connectivity index (χ0) is 14.4. The van der Waals surface area contributed by atoms with Crippen LogP contribution in [0.1, 0.15) is 56.6 Å². The highest BCUT2D eigenvalue weighted by atomic mass is 15.1. The molecule has 1 N–H and O–H groups in total. The van der Waals surface area contributed by atoms with E-state index in [9.17, 15) is 0 Å². The van der Waals surface area contributed by atoms with Gasteiger partial charge in [-0.25, -0.2) is 0 Å². The Bertz CT molecular complexity index is 381.